The molecule has 1 fully saturated rings. The van der Waals surface area contributed by atoms with Crippen LogP contribution in [0.25, 0.3) is 10.6 Å². The molecule has 0 aliphatic heterocycles. The molecule has 1 aliphatic carbocycles. The Morgan fingerprint density at radius 3 is 2.70 bits per heavy atom. The summed E-state index contributed by atoms with van der Waals surface area (Å²) in [6.45, 7) is 4.37. The molecule has 27 heavy (non-hydrogen) atoms. The summed E-state index contributed by atoms with van der Waals surface area (Å²) < 4.78 is 0. The number of aryl methyl sites for hydroxylation is 1. The van der Waals surface area contributed by atoms with Crippen LogP contribution in [0.5, 0.6) is 0 Å². The van der Waals surface area contributed by atoms with Gasteiger partial charge in [0, 0.05) is 18.3 Å². The van der Waals surface area contributed by atoms with E-state index in [0.717, 1.165) is 28.1 Å². The van der Waals surface area contributed by atoms with Gasteiger partial charge in [-0.25, -0.2) is 15.0 Å². The maximum absolute atomic E-state index is 4.77. The summed E-state index contributed by atoms with van der Waals surface area (Å²) in [7, 11) is 0. The Morgan fingerprint density at radius 2 is 1.93 bits per heavy atom. The molecule has 0 spiro atoms. The molecular weight excluding hydrogens is 352 g/mol. The summed E-state index contributed by atoms with van der Waals surface area (Å²) in [5, 5.41) is 4.58. The van der Waals surface area contributed by atoms with Gasteiger partial charge in [0.2, 0.25) is 0 Å². The summed E-state index contributed by atoms with van der Waals surface area (Å²) in [5.41, 5.74) is 2.15. The normalized spacial score (nSPS) is 19.8. The van der Waals surface area contributed by atoms with E-state index in [-0.39, 0.29) is 0 Å². The number of hydrogen-bond acceptors (Lipinski definition) is 5. The van der Waals surface area contributed by atoms with E-state index < -0.39 is 0 Å². The van der Waals surface area contributed by atoms with Crippen LogP contribution < -0.4 is 5.32 Å². The zero-order chi connectivity index (χ0) is 18.6. The van der Waals surface area contributed by atoms with Crippen LogP contribution in [0.1, 0.15) is 55.5 Å². The van der Waals surface area contributed by atoms with Crippen LogP contribution in [0.3, 0.4) is 0 Å². The van der Waals surface area contributed by atoms with Crippen LogP contribution in [0.2, 0.25) is 0 Å². The minimum atomic E-state index is 0.629. The van der Waals surface area contributed by atoms with Crippen LogP contribution in [-0.4, -0.2) is 15.0 Å². The Morgan fingerprint density at radius 1 is 1.07 bits per heavy atom. The number of pyridine rings is 2. The zero-order valence-electron chi connectivity index (χ0n) is 16.0. The maximum Gasteiger partial charge on any atom is 0.132 e. The van der Waals surface area contributed by atoms with E-state index in [1.165, 1.54) is 42.7 Å². The molecule has 3 aromatic heterocycles. The largest absolute Gasteiger partial charge is 0.325 e. The first kappa shape index (κ1) is 18.1. The average molecular weight is 379 g/mol. The monoisotopic (exact) mass is 378 g/mol. The first-order valence-corrected chi connectivity index (χ1v) is 10.7. The zero-order valence-corrected chi connectivity index (χ0v) is 16.8. The van der Waals surface area contributed by atoms with Gasteiger partial charge in [0.25, 0.3) is 0 Å². The molecule has 3 heterocycles. The molecule has 0 unspecified atom stereocenters. The minimum Gasteiger partial charge on any atom is -0.325 e. The third-order valence-corrected chi connectivity index (χ3v) is 6.65. The lowest BCUT2D eigenvalue weighted by Crippen LogP contribution is -2.12. The fourth-order valence-electron chi connectivity index (χ4n) is 3.79. The van der Waals surface area contributed by atoms with E-state index in [4.69, 9.17) is 9.97 Å². The first-order chi connectivity index (χ1) is 13.2. The SMILES string of the molecule is CCC1CCC(c2ncc(-c3cccc(Nc4cc(C)ccn4)n3)s2)CC1. The molecule has 1 saturated carbocycles. The van der Waals surface area contributed by atoms with Crippen molar-refractivity contribution in [1.29, 1.82) is 0 Å². The third kappa shape index (κ3) is 4.35. The molecule has 1 aliphatic rings. The van der Waals surface area contributed by atoms with Gasteiger partial charge in [-0.3, -0.25) is 0 Å². The Kier molecular flexibility index (Phi) is 5.48. The molecule has 0 saturated heterocycles. The highest BCUT2D eigenvalue weighted by atomic mass is 32.1. The minimum absolute atomic E-state index is 0.629. The Balaban J connectivity index is 1.49. The maximum atomic E-state index is 4.77. The fraction of sp³-hybridized carbons (Fsp3) is 0.409. The number of thiazole rings is 1. The fourth-order valence-corrected chi connectivity index (χ4v) is 4.85. The van der Waals surface area contributed by atoms with Crippen molar-refractivity contribution in [3.05, 3.63) is 53.3 Å². The van der Waals surface area contributed by atoms with Crippen LogP contribution in [0.15, 0.2) is 42.7 Å². The van der Waals surface area contributed by atoms with Crippen LogP contribution in [0, 0.1) is 12.8 Å². The number of nitrogens with one attached hydrogen (secondary N) is 1. The van der Waals surface area contributed by atoms with Crippen molar-refractivity contribution in [2.75, 3.05) is 5.32 Å². The molecule has 0 radical (unpaired) electrons. The van der Waals surface area contributed by atoms with Crippen molar-refractivity contribution in [3.63, 3.8) is 0 Å². The molecular formula is C22H26N4S. The molecule has 0 aromatic carbocycles. The second-order valence-corrected chi connectivity index (χ2v) is 8.50. The molecule has 4 rings (SSSR count). The van der Waals surface area contributed by atoms with Crippen molar-refractivity contribution < 1.29 is 0 Å². The second-order valence-electron chi connectivity index (χ2n) is 7.44. The van der Waals surface area contributed by atoms with Crippen molar-refractivity contribution in [2.24, 2.45) is 5.92 Å². The van der Waals surface area contributed by atoms with Crippen molar-refractivity contribution >= 4 is 23.0 Å². The van der Waals surface area contributed by atoms with E-state index >= 15 is 0 Å². The van der Waals surface area contributed by atoms with Gasteiger partial charge in [0.05, 0.1) is 15.6 Å². The molecule has 0 atom stereocenters. The molecule has 140 valence electrons. The Labute approximate surface area is 165 Å². The summed E-state index contributed by atoms with van der Waals surface area (Å²) in [6, 6.07) is 10.1. The van der Waals surface area contributed by atoms with Crippen LogP contribution in [-0.2, 0) is 0 Å². The number of anilines is 2. The predicted molar refractivity (Wildman–Crippen MR) is 113 cm³/mol. The summed E-state index contributed by atoms with van der Waals surface area (Å²) >= 11 is 1.80. The van der Waals surface area contributed by atoms with Crippen LogP contribution >= 0.6 is 11.3 Å². The number of nitrogens with zero attached hydrogens (tertiary/aromatic N) is 3. The van der Waals surface area contributed by atoms with Gasteiger partial charge in [-0.2, -0.15) is 0 Å². The van der Waals surface area contributed by atoms with Gasteiger partial charge in [0.1, 0.15) is 11.6 Å². The average Bonchev–Trinajstić information content (AvgIpc) is 3.19. The Bertz CT molecular complexity index is 897. The Hall–Kier alpha value is -2.27. The van der Waals surface area contributed by atoms with E-state index in [0.29, 0.717) is 5.92 Å². The van der Waals surface area contributed by atoms with Crippen LogP contribution in [0.4, 0.5) is 11.6 Å². The summed E-state index contributed by atoms with van der Waals surface area (Å²) in [6.07, 6.45) is 10.4. The van der Waals surface area contributed by atoms with Gasteiger partial charge in [-0.05, 0) is 68.4 Å². The van der Waals surface area contributed by atoms with E-state index in [2.05, 4.69) is 30.2 Å². The van der Waals surface area contributed by atoms with Gasteiger partial charge in [0.15, 0.2) is 0 Å². The topological polar surface area (TPSA) is 50.7 Å². The molecule has 1 N–H and O–H groups in total. The van der Waals surface area contributed by atoms with Crippen molar-refractivity contribution in [2.45, 2.75) is 51.9 Å². The van der Waals surface area contributed by atoms with E-state index in [1.807, 2.05) is 36.7 Å². The second kappa shape index (κ2) is 8.17. The standard InChI is InChI=1S/C22H26N4S/c1-3-16-7-9-17(10-8-16)22-24-14-19(27-22)18-5-4-6-20(25-18)26-21-13-15(2)11-12-23-21/h4-6,11-14,16-17H,3,7-10H2,1-2H3,(H,23,25,26). The first-order valence-electron chi connectivity index (χ1n) is 9.84. The lowest BCUT2D eigenvalue weighted by molar-refractivity contribution is 0.318. The smallest absolute Gasteiger partial charge is 0.132 e. The van der Waals surface area contributed by atoms with Gasteiger partial charge in [-0.15, -0.1) is 11.3 Å². The predicted octanol–water partition coefficient (Wildman–Crippen LogP) is 6.34. The lowest BCUT2D eigenvalue weighted by atomic mass is 9.81. The molecule has 0 bridgehead atoms. The lowest BCUT2D eigenvalue weighted by Gasteiger charge is -2.26. The van der Waals surface area contributed by atoms with E-state index in [9.17, 15) is 0 Å². The summed E-state index contributed by atoms with van der Waals surface area (Å²) in [4.78, 5) is 15.0. The van der Waals surface area contributed by atoms with Crippen molar-refractivity contribution in [1.82, 2.24) is 15.0 Å². The molecule has 4 nitrogen and oxygen atoms in total. The van der Waals surface area contributed by atoms with Gasteiger partial charge >= 0.3 is 0 Å². The van der Waals surface area contributed by atoms with Gasteiger partial charge in [-0.1, -0.05) is 19.4 Å². The third-order valence-electron chi connectivity index (χ3n) is 5.47. The highest BCUT2D eigenvalue weighted by molar-refractivity contribution is 7.15. The molecule has 5 heteroatoms. The highest BCUT2D eigenvalue weighted by Gasteiger charge is 2.23. The number of aromatic nitrogens is 3. The quantitative estimate of drug-likeness (QED) is 0.563. The number of hydrogen-bond donors (Lipinski definition) is 1. The molecule has 0 amide bonds. The van der Waals surface area contributed by atoms with Gasteiger partial charge < -0.3 is 5.32 Å². The highest BCUT2D eigenvalue weighted by Crippen LogP contribution is 2.40. The van der Waals surface area contributed by atoms with E-state index in [1.54, 1.807) is 11.3 Å². The molecule has 3 aromatic rings. The number of rotatable bonds is 5. The summed E-state index contributed by atoms with van der Waals surface area (Å²) in [5.74, 6) is 3.17. The van der Waals surface area contributed by atoms with Crippen molar-refractivity contribution in [3.8, 4) is 10.6 Å².